The minimum absolute atomic E-state index is 0.00699. The lowest BCUT2D eigenvalue weighted by atomic mass is 9.98. The zero-order valence-corrected chi connectivity index (χ0v) is 19.8. The fourth-order valence-corrected chi connectivity index (χ4v) is 4.16. The third-order valence-electron chi connectivity index (χ3n) is 6.21. The first-order chi connectivity index (χ1) is 15.8. The quantitative estimate of drug-likeness (QED) is 0.614. The summed E-state index contributed by atoms with van der Waals surface area (Å²) in [5.74, 6) is -0.154. The van der Waals surface area contributed by atoms with E-state index in [2.05, 4.69) is 10.6 Å². The van der Waals surface area contributed by atoms with Crippen molar-refractivity contribution < 1.29 is 19.1 Å². The van der Waals surface area contributed by atoms with Crippen LogP contribution in [0.1, 0.15) is 38.3 Å². The summed E-state index contributed by atoms with van der Waals surface area (Å²) in [5.41, 5.74) is 2.77. The van der Waals surface area contributed by atoms with E-state index in [1.165, 1.54) is 0 Å². The number of nitrogens with one attached hydrogen (secondary N) is 2. The number of carbonyl (C=O) groups is 3. The molecular weight excluding hydrogens is 418 g/mol. The highest BCUT2D eigenvalue weighted by Gasteiger charge is 2.32. The van der Waals surface area contributed by atoms with Crippen molar-refractivity contribution in [3.05, 3.63) is 59.7 Å². The number of anilines is 1. The van der Waals surface area contributed by atoms with Gasteiger partial charge in [0, 0.05) is 12.1 Å². The number of benzene rings is 2. The predicted molar refractivity (Wildman–Crippen MR) is 128 cm³/mol. The Labute approximate surface area is 195 Å². The lowest BCUT2D eigenvalue weighted by molar-refractivity contribution is -0.131. The van der Waals surface area contributed by atoms with Crippen molar-refractivity contribution in [3.63, 3.8) is 0 Å². The Morgan fingerprint density at radius 1 is 1.15 bits per heavy atom. The Morgan fingerprint density at radius 3 is 2.55 bits per heavy atom. The summed E-state index contributed by atoms with van der Waals surface area (Å²) >= 11 is 0. The van der Waals surface area contributed by atoms with E-state index in [0.717, 1.165) is 23.2 Å². The fraction of sp³-hybridized carbons (Fsp3) is 0.423. The number of nitrogens with zero attached hydrogens (tertiary/aromatic N) is 1. The van der Waals surface area contributed by atoms with Gasteiger partial charge in [0.05, 0.1) is 25.8 Å². The van der Waals surface area contributed by atoms with Crippen molar-refractivity contribution in [1.29, 1.82) is 0 Å². The first-order valence-corrected chi connectivity index (χ1v) is 11.4. The first kappa shape index (κ1) is 24.3. The minimum Gasteiger partial charge on any atom is -0.497 e. The van der Waals surface area contributed by atoms with Crippen LogP contribution in [0.4, 0.5) is 5.69 Å². The van der Waals surface area contributed by atoms with Gasteiger partial charge in [0.25, 0.3) is 0 Å². The second-order valence-electron chi connectivity index (χ2n) is 8.62. The van der Waals surface area contributed by atoms with Crippen LogP contribution < -0.4 is 20.3 Å². The maximum absolute atomic E-state index is 13.0. The molecule has 3 atom stereocenters. The number of methoxy groups -OCH3 is 1. The Balaban J connectivity index is 1.63. The van der Waals surface area contributed by atoms with Crippen LogP contribution in [0, 0.1) is 5.92 Å². The molecule has 0 saturated carbocycles. The summed E-state index contributed by atoms with van der Waals surface area (Å²) < 4.78 is 5.30. The third-order valence-corrected chi connectivity index (χ3v) is 6.21. The number of amides is 3. The molecule has 1 heterocycles. The summed E-state index contributed by atoms with van der Waals surface area (Å²) in [6, 6.07) is 14.4. The van der Waals surface area contributed by atoms with Crippen LogP contribution >= 0.6 is 0 Å². The van der Waals surface area contributed by atoms with Crippen LogP contribution in [-0.4, -0.2) is 43.5 Å². The second kappa shape index (κ2) is 11.0. The standard InChI is InChI=1S/C26H33N3O4/c1-5-17(2)25(28-23(30)14-19-9-7-6-8-10-19)26(32)27-16-24(31)29-18(3)13-20-11-12-21(33-4)15-22(20)29/h6-12,15,17-18,25H,5,13-14,16H2,1-4H3,(H,27,32)(H,28,30)/t17-,18?,25-/m0/s1. The molecule has 1 aliphatic heterocycles. The molecule has 176 valence electrons. The monoisotopic (exact) mass is 451 g/mol. The van der Waals surface area contributed by atoms with Gasteiger partial charge in [-0.3, -0.25) is 14.4 Å². The highest BCUT2D eigenvalue weighted by molar-refractivity contribution is 6.00. The van der Waals surface area contributed by atoms with Crippen LogP contribution in [0.15, 0.2) is 48.5 Å². The Kier molecular flexibility index (Phi) is 8.09. The molecule has 0 bridgehead atoms. The average molecular weight is 452 g/mol. The van der Waals surface area contributed by atoms with Gasteiger partial charge in [0.2, 0.25) is 17.7 Å². The van der Waals surface area contributed by atoms with E-state index in [0.29, 0.717) is 12.2 Å². The SMILES string of the molecule is CC[C@H](C)[C@H](NC(=O)Cc1ccccc1)C(=O)NCC(=O)N1c2cc(OC)ccc2CC1C. The molecule has 0 radical (unpaired) electrons. The van der Waals surface area contributed by atoms with E-state index < -0.39 is 6.04 Å². The van der Waals surface area contributed by atoms with Crippen LogP contribution in [0.3, 0.4) is 0 Å². The Bertz CT molecular complexity index is 992. The second-order valence-corrected chi connectivity index (χ2v) is 8.62. The van der Waals surface area contributed by atoms with Gasteiger partial charge in [-0.15, -0.1) is 0 Å². The molecule has 1 unspecified atom stereocenters. The van der Waals surface area contributed by atoms with Gasteiger partial charge in [-0.25, -0.2) is 0 Å². The number of hydrogen-bond acceptors (Lipinski definition) is 4. The number of carbonyl (C=O) groups excluding carboxylic acids is 3. The van der Waals surface area contributed by atoms with E-state index in [1.807, 2.05) is 69.3 Å². The van der Waals surface area contributed by atoms with E-state index in [4.69, 9.17) is 4.74 Å². The van der Waals surface area contributed by atoms with Crippen LogP contribution in [0.25, 0.3) is 0 Å². The summed E-state index contributed by atoms with van der Waals surface area (Å²) in [4.78, 5) is 40.3. The van der Waals surface area contributed by atoms with Crippen molar-refractivity contribution in [2.75, 3.05) is 18.6 Å². The lowest BCUT2D eigenvalue weighted by Crippen LogP contribution is -2.53. The molecule has 33 heavy (non-hydrogen) atoms. The summed E-state index contributed by atoms with van der Waals surface area (Å²) in [6.07, 6.45) is 1.67. The van der Waals surface area contributed by atoms with Gasteiger partial charge in [0.1, 0.15) is 11.8 Å². The maximum Gasteiger partial charge on any atom is 0.246 e. The molecule has 2 aromatic rings. The van der Waals surface area contributed by atoms with Gasteiger partial charge in [0.15, 0.2) is 0 Å². The smallest absolute Gasteiger partial charge is 0.246 e. The molecular formula is C26H33N3O4. The molecule has 1 aliphatic rings. The topological polar surface area (TPSA) is 87.7 Å². The fourth-order valence-electron chi connectivity index (χ4n) is 4.16. The van der Waals surface area contributed by atoms with Crippen LogP contribution in [0.2, 0.25) is 0 Å². The van der Waals surface area contributed by atoms with Crippen LogP contribution in [-0.2, 0) is 27.2 Å². The molecule has 7 heteroatoms. The van der Waals surface area contributed by atoms with E-state index in [1.54, 1.807) is 12.0 Å². The lowest BCUT2D eigenvalue weighted by Gasteiger charge is -2.26. The molecule has 7 nitrogen and oxygen atoms in total. The van der Waals surface area contributed by atoms with E-state index >= 15 is 0 Å². The number of fused-ring (bicyclic) bond motifs is 1. The van der Waals surface area contributed by atoms with Gasteiger partial charge in [-0.2, -0.15) is 0 Å². The van der Waals surface area contributed by atoms with E-state index in [9.17, 15) is 14.4 Å². The zero-order chi connectivity index (χ0) is 24.0. The molecule has 0 spiro atoms. The van der Waals surface area contributed by atoms with Gasteiger partial charge < -0.3 is 20.3 Å². The van der Waals surface area contributed by atoms with Gasteiger partial charge in [-0.05, 0) is 36.5 Å². The summed E-state index contributed by atoms with van der Waals surface area (Å²) in [5, 5.41) is 5.60. The van der Waals surface area contributed by atoms with E-state index in [-0.39, 0.29) is 42.6 Å². The minimum atomic E-state index is -0.706. The van der Waals surface area contributed by atoms with Crippen molar-refractivity contribution in [2.24, 2.45) is 5.92 Å². The molecule has 3 amide bonds. The summed E-state index contributed by atoms with van der Waals surface area (Å²) in [7, 11) is 1.59. The van der Waals surface area contributed by atoms with Crippen molar-refractivity contribution in [2.45, 2.75) is 52.1 Å². The van der Waals surface area contributed by atoms with Crippen molar-refractivity contribution in [3.8, 4) is 5.75 Å². The van der Waals surface area contributed by atoms with Crippen molar-refractivity contribution >= 4 is 23.4 Å². The predicted octanol–water partition coefficient (Wildman–Crippen LogP) is 2.86. The van der Waals surface area contributed by atoms with Gasteiger partial charge >= 0.3 is 0 Å². The highest BCUT2D eigenvalue weighted by Crippen LogP contribution is 2.35. The number of hydrogen-bond donors (Lipinski definition) is 2. The number of rotatable bonds is 9. The Hall–Kier alpha value is -3.35. The van der Waals surface area contributed by atoms with Gasteiger partial charge in [-0.1, -0.05) is 56.7 Å². The average Bonchev–Trinajstić information content (AvgIpc) is 3.15. The molecule has 0 aliphatic carbocycles. The third kappa shape index (κ3) is 5.92. The largest absolute Gasteiger partial charge is 0.497 e. The zero-order valence-electron chi connectivity index (χ0n) is 19.8. The summed E-state index contributed by atoms with van der Waals surface area (Å²) in [6.45, 7) is 5.73. The van der Waals surface area contributed by atoms with Crippen LogP contribution in [0.5, 0.6) is 5.75 Å². The molecule has 0 aromatic heterocycles. The molecule has 0 fully saturated rings. The molecule has 0 saturated heterocycles. The number of ether oxygens (including phenoxy) is 1. The highest BCUT2D eigenvalue weighted by atomic mass is 16.5. The molecule has 2 aromatic carbocycles. The molecule has 2 N–H and O–H groups in total. The Morgan fingerprint density at radius 2 is 1.88 bits per heavy atom. The molecule has 3 rings (SSSR count). The van der Waals surface area contributed by atoms with Crippen molar-refractivity contribution in [1.82, 2.24) is 10.6 Å². The maximum atomic E-state index is 13.0. The first-order valence-electron chi connectivity index (χ1n) is 11.4. The normalized spacial score (nSPS) is 16.5.